The Kier molecular flexibility index (Phi) is 6.91. The van der Waals surface area contributed by atoms with Crippen LogP contribution >= 0.6 is 0 Å². The molecule has 21 heavy (non-hydrogen) atoms. The molecule has 0 aromatic carbocycles. The molecule has 2 atom stereocenters. The van der Waals surface area contributed by atoms with E-state index in [-0.39, 0.29) is 24.8 Å². The lowest BCUT2D eigenvalue weighted by Crippen LogP contribution is -2.40. The van der Waals surface area contributed by atoms with Crippen LogP contribution in [0.15, 0.2) is 12.2 Å². The highest BCUT2D eigenvalue weighted by molar-refractivity contribution is 5.85. The largest absolute Gasteiger partial charge is 0.481 e. The number of amides is 2. The maximum absolute atomic E-state index is 12.1. The van der Waals surface area contributed by atoms with Crippen LogP contribution in [0.1, 0.15) is 33.1 Å². The van der Waals surface area contributed by atoms with Gasteiger partial charge in [0.15, 0.2) is 0 Å². The van der Waals surface area contributed by atoms with Crippen LogP contribution < -0.4 is 5.32 Å². The van der Waals surface area contributed by atoms with Gasteiger partial charge in [-0.2, -0.15) is 0 Å². The molecule has 6 nitrogen and oxygen atoms in total. The Balaban J connectivity index is 2.44. The normalized spacial score (nSPS) is 20.9. The minimum Gasteiger partial charge on any atom is -0.481 e. The Morgan fingerprint density at radius 2 is 1.71 bits per heavy atom. The van der Waals surface area contributed by atoms with Crippen LogP contribution in [0.3, 0.4) is 0 Å². The van der Waals surface area contributed by atoms with E-state index in [9.17, 15) is 14.4 Å². The van der Waals surface area contributed by atoms with Crippen molar-refractivity contribution in [3.05, 3.63) is 12.2 Å². The zero-order valence-corrected chi connectivity index (χ0v) is 12.7. The van der Waals surface area contributed by atoms with Crippen LogP contribution in [0.2, 0.25) is 0 Å². The van der Waals surface area contributed by atoms with E-state index < -0.39 is 17.8 Å². The van der Waals surface area contributed by atoms with Gasteiger partial charge in [-0.3, -0.25) is 14.4 Å². The molecule has 0 radical (unpaired) electrons. The van der Waals surface area contributed by atoms with Gasteiger partial charge in [-0.15, -0.1) is 0 Å². The summed E-state index contributed by atoms with van der Waals surface area (Å²) in [5.74, 6) is -2.44. The van der Waals surface area contributed by atoms with Gasteiger partial charge < -0.3 is 15.3 Å². The molecule has 0 unspecified atom stereocenters. The number of rotatable bonds is 7. The summed E-state index contributed by atoms with van der Waals surface area (Å²) in [5, 5.41) is 11.8. The number of carboxylic acids is 1. The summed E-state index contributed by atoms with van der Waals surface area (Å²) in [6, 6.07) is 0. The molecule has 2 N–H and O–H groups in total. The Bertz CT molecular complexity index is 416. The molecular weight excluding hydrogens is 272 g/mol. The minimum absolute atomic E-state index is 0.00127. The van der Waals surface area contributed by atoms with E-state index in [4.69, 9.17) is 5.11 Å². The summed E-state index contributed by atoms with van der Waals surface area (Å²) in [7, 11) is 0. The Hall–Kier alpha value is -1.85. The van der Waals surface area contributed by atoms with E-state index in [0.29, 0.717) is 25.9 Å². The molecule has 1 aliphatic rings. The molecule has 1 rings (SSSR count). The van der Waals surface area contributed by atoms with Crippen LogP contribution in [0.25, 0.3) is 0 Å². The van der Waals surface area contributed by atoms with Gasteiger partial charge in [0.2, 0.25) is 11.8 Å². The number of hydrogen-bond acceptors (Lipinski definition) is 3. The molecule has 0 fully saturated rings. The van der Waals surface area contributed by atoms with Gasteiger partial charge in [0.05, 0.1) is 11.8 Å². The summed E-state index contributed by atoms with van der Waals surface area (Å²) in [5.41, 5.74) is 0. The second kappa shape index (κ2) is 8.44. The van der Waals surface area contributed by atoms with Crippen molar-refractivity contribution in [1.29, 1.82) is 0 Å². The van der Waals surface area contributed by atoms with E-state index in [1.807, 2.05) is 19.9 Å². The molecule has 1 aliphatic carbocycles. The van der Waals surface area contributed by atoms with E-state index in [2.05, 4.69) is 5.32 Å². The fourth-order valence-electron chi connectivity index (χ4n) is 2.54. The number of nitrogens with zero attached hydrogens (tertiary/aromatic N) is 1. The van der Waals surface area contributed by atoms with Crippen molar-refractivity contribution in [2.45, 2.75) is 33.1 Å². The van der Waals surface area contributed by atoms with Gasteiger partial charge in [-0.1, -0.05) is 12.2 Å². The molecule has 0 spiro atoms. The van der Waals surface area contributed by atoms with E-state index in [1.165, 1.54) is 0 Å². The van der Waals surface area contributed by atoms with Crippen molar-refractivity contribution in [3.8, 4) is 0 Å². The van der Waals surface area contributed by atoms with Crippen LogP contribution in [0.4, 0.5) is 0 Å². The highest BCUT2D eigenvalue weighted by Gasteiger charge is 2.33. The second-order valence-corrected chi connectivity index (χ2v) is 5.10. The second-order valence-electron chi connectivity index (χ2n) is 5.10. The maximum Gasteiger partial charge on any atom is 0.307 e. The average molecular weight is 296 g/mol. The molecule has 6 heteroatoms. The van der Waals surface area contributed by atoms with E-state index in [0.717, 1.165) is 0 Å². The lowest BCUT2D eigenvalue weighted by atomic mass is 9.82. The predicted molar refractivity (Wildman–Crippen MR) is 78.5 cm³/mol. The van der Waals surface area contributed by atoms with Crippen LogP contribution in [-0.4, -0.2) is 47.4 Å². The van der Waals surface area contributed by atoms with Crippen LogP contribution in [0, 0.1) is 11.8 Å². The van der Waals surface area contributed by atoms with Gasteiger partial charge >= 0.3 is 5.97 Å². The van der Waals surface area contributed by atoms with Crippen molar-refractivity contribution in [3.63, 3.8) is 0 Å². The number of aliphatic carboxylic acids is 1. The van der Waals surface area contributed by atoms with Crippen LogP contribution in [0.5, 0.6) is 0 Å². The zero-order chi connectivity index (χ0) is 15.8. The molecule has 2 amide bonds. The highest BCUT2D eigenvalue weighted by atomic mass is 16.4. The van der Waals surface area contributed by atoms with Gasteiger partial charge in [-0.25, -0.2) is 0 Å². The monoisotopic (exact) mass is 296 g/mol. The molecular formula is C15H24N2O4. The van der Waals surface area contributed by atoms with Crippen molar-refractivity contribution < 1.29 is 19.5 Å². The zero-order valence-electron chi connectivity index (χ0n) is 12.7. The van der Waals surface area contributed by atoms with Gasteiger partial charge in [0, 0.05) is 26.1 Å². The first-order valence-electron chi connectivity index (χ1n) is 7.44. The van der Waals surface area contributed by atoms with Gasteiger partial charge in [-0.05, 0) is 26.7 Å². The number of hydrogen-bond donors (Lipinski definition) is 2. The quantitative estimate of drug-likeness (QED) is 0.687. The molecule has 0 aromatic rings. The SMILES string of the molecule is CCN(CC)C(=O)CCNC(=O)[C@@H]1CC=CC[C@@H]1C(=O)O. The molecule has 0 saturated carbocycles. The number of allylic oxidation sites excluding steroid dienone is 2. The van der Waals surface area contributed by atoms with Crippen molar-refractivity contribution >= 4 is 17.8 Å². The first kappa shape index (κ1) is 17.2. The summed E-state index contributed by atoms with van der Waals surface area (Å²) in [6.45, 7) is 5.37. The molecule has 0 aromatic heterocycles. The standard InChI is InChI=1S/C15H24N2O4/c1-3-17(4-2)13(18)9-10-16-14(19)11-7-5-6-8-12(11)15(20)21/h5-6,11-12H,3-4,7-10H2,1-2H3,(H,16,19)(H,20,21)/t11-,12+/m1/s1. The third-order valence-corrected chi connectivity index (χ3v) is 3.84. The van der Waals surface area contributed by atoms with Gasteiger partial charge in [0.1, 0.15) is 0 Å². The fourth-order valence-corrected chi connectivity index (χ4v) is 2.54. The summed E-state index contributed by atoms with van der Waals surface area (Å²) >= 11 is 0. The predicted octanol–water partition coefficient (Wildman–Crippen LogP) is 1.03. The van der Waals surface area contributed by atoms with E-state index in [1.54, 1.807) is 11.0 Å². The third-order valence-electron chi connectivity index (χ3n) is 3.84. The lowest BCUT2D eigenvalue weighted by molar-refractivity contribution is -0.147. The number of nitrogens with one attached hydrogen (secondary N) is 1. The summed E-state index contributed by atoms with van der Waals surface area (Å²) < 4.78 is 0. The minimum atomic E-state index is -0.946. The Labute approximate surface area is 125 Å². The molecule has 0 heterocycles. The Morgan fingerprint density at radius 1 is 1.14 bits per heavy atom. The van der Waals surface area contributed by atoms with Gasteiger partial charge in [0.25, 0.3) is 0 Å². The first-order valence-corrected chi connectivity index (χ1v) is 7.44. The molecule has 118 valence electrons. The first-order chi connectivity index (χ1) is 10.0. The number of carbonyl (C=O) groups is 3. The Morgan fingerprint density at radius 3 is 2.24 bits per heavy atom. The lowest BCUT2D eigenvalue weighted by Gasteiger charge is -2.24. The number of carboxylic acid groups (broad SMARTS) is 1. The molecule has 0 bridgehead atoms. The number of carbonyl (C=O) groups excluding carboxylic acids is 2. The van der Waals surface area contributed by atoms with Crippen molar-refractivity contribution in [2.75, 3.05) is 19.6 Å². The smallest absolute Gasteiger partial charge is 0.307 e. The molecule has 0 saturated heterocycles. The maximum atomic E-state index is 12.1. The third kappa shape index (κ3) is 4.88. The van der Waals surface area contributed by atoms with Crippen molar-refractivity contribution in [2.24, 2.45) is 11.8 Å². The fraction of sp³-hybridized carbons (Fsp3) is 0.667. The summed E-state index contributed by atoms with van der Waals surface area (Å²) in [6.07, 6.45) is 4.70. The molecule has 0 aliphatic heterocycles. The summed E-state index contributed by atoms with van der Waals surface area (Å²) in [4.78, 5) is 36.7. The van der Waals surface area contributed by atoms with Crippen LogP contribution in [-0.2, 0) is 14.4 Å². The van der Waals surface area contributed by atoms with Crippen molar-refractivity contribution in [1.82, 2.24) is 10.2 Å². The average Bonchev–Trinajstić information content (AvgIpc) is 2.48. The van der Waals surface area contributed by atoms with E-state index >= 15 is 0 Å². The topological polar surface area (TPSA) is 86.7 Å². The highest BCUT2D eigenvalue weighted by Crippen LogP contribution is 2.25.